The lowest BCUT2D eigenvalue weighted by molar-refractivity contribution is 0.0695. The Kier molecular flexibility index (Phi) is 5.62. The molecule has 0 aromatic carbocycles. The Morgan fingerprint density at radius 3 is 2.48 bits per heavy atom. The maximum atomic E-state index is 12.4. The van der Waals surface area contributed by atoms with Crippen LogP contribution in [0.1, 0.15) is 45.1 Å². The van der Waals surface area contributed by atoms with Gasteiger partial charge in [0.15, 0.2) is 0 Å². The lowest BCUT2D eigenvalue weighted by Crippen LogP contribution is -2.45. The van der Waals surface area contributed by atoms with Gasteiger partial charge in [-0.05, 0) is 32.8 Å². The number of pyridine rings is 1. The van der Waals surface area contributed by atoms with Crippen molar-refractivity contribution in [2.75, 3.05) is 18.0 Å². The maximum Gasteiger partial charge on any atom is 0.337 e. The predicted octanol–water partition coefficient (Wildman–Crippen LogP) is 3.43. The highest BCUT2D eigenvalue weighted by Gasteiger charge is 2.25. The van der Waals surface area contributed by atoms with Gasteiger partial charge in [0.25, 0.3) is 5.91 Å². The molecule has 7 nitrogen and oxygen atoms in total. The first-order valence-corrected chi connectivity index (χ1v) is 9.32. The average Bonchev–Trinajstić information content (AvgIpc) is 2.90. The summed E-state index contributed by atoms with van der Waals surface area (Å²) in [6.07, 6.45) is 3.14. The van der Waals surface area contributed by atoms with Gasteiger partial charge in [0.1, 0.15) is 5.69 Å². The topological polar surface area (TPSA) is 98.3 Å². The summed E-state index contributed by atoms with van der Waals surface area (Å²) >= 11 is 12.1. The normalized spacial score (nSPS) is 15.0. The highest BCUT2D eigenvalue weighted by molar-refractivity contribution is 6.44. The molecule has 1 aliphatic rings. The number of aromatic nitrogens is 2. The Hall–Kier alpha value is -2.25. The van der Waals surface area contributed by atoms with Crippen molar-refractivity contribution in [3.63, 3.8) is 0 Å². The zero-order valence-corrected chi connectivity index (χ0v) is 16.5. The first kappa shape index (κ1) is 19.5. The molecule has 9 heteroatoms. The minimum absolute atomic E-state index is 0.00421. The number of hydrogen-bond donors (Lipinski definition) is 3. The molecule has 3 rings (SSSR count). The zero-order valence-electron chi connectivity index (χ0n) is 15.0. The zero-order chi connectivity index (χ0) is 19.7. The second kappa shape index (κ2) is 7.78. The van der Waals surface area contributed by atoms with Crippen LogP contribution in [0.5, 0.6) is 0 Å². The number of carbonyl (C=O) groups is 2. The van der Waals surface area contributed by atoms with Gasteiger partial charge in [-0.2, -0.15) is 0 Å². The Morgan fingerprint density at radius 2 is 1.93 bits per heavy atom. The van der Waals surface area contributed by atoms with E-state index in [9.17, 15) is 14.7 Å². The number of nitrogens with zero attached hydrogens (tertiary/aromatic N) is 2. The van der Waals surface area contributed by atoms with Crippen LogP contribution in [0.2, 0.25) is 10.0 Å². The first-order valence-electron chi connectivity index (χ1n) is 8.57. The number of rotatable bonds is 4. The molecule has 0 spiro atoms. The first-order chi connectivity index (χ1) is 12.8. The number of nitrogens with one attached hydrogen (secondary N) is 2. The fraction of sp³-hybridized carbons (Fsp3) is 0.389. The van der Waals surface area contributed by atoms with Gasteiger partial charge in [0, 0.05) is 24.8 Å². The predicted molar refractivity (Wildman–Crippen MR) is 104 cm³/mol. The molecule has 3 heterocycles. The minimum atomic E-state index is -0.985. The second-order valence-corrected chi connectivity index (χ2v) is 7.38. The lowest BCUT2D eigenvalue weighted by atomic mass is 10.0. The van der Waals surface area contributed by atoms with E-state index in [0.717, 1.165) is 18.5 Å². The number of carboxylic acid groups (broad SMARTS) is 1. The summed E-state index contributed by atoms with van der Waals surface area (Å²) in [5.74, 6) is -1.26. The van der Waals surface area contributed by atoms with E-state index in [1.54, 1.807) is 26.1 Å². The molecule has 0 radical (unpaired) electrons. The standard InChI is InChI=1S/C18H20Cl2N4O3/c1-9-13(18(26)27)7-12(8-21-9)24-5-3-11(4-6-24)23-17(25)16-15(20)14(19)10(2)22-16/h7-8,11,22H,3-6H2,1-2H3,(H,23,25)(H,26,27). The quantitative estimate of drug-likeness (QED) is 0.716. The summed E-state index contributed by atoms with van der Waals surface area (Å²) < 4.78 is 0. The van der Waals surface area contributed by atoms with E-state index >= 15 is 0 Å². The molecule has 0 aliphatic carbocycles. The summed E-state index contributed by atoms with van der Waals surface area (Å²) in [7, 11) is 0. The third kappa shape index (κ3) is 4.04. The molecular formula is C18H20Cl2N4O3. The van der Waals surface area contributed by atoms with Crippen LogP contribution in [-0.4, -0.2) is 46.1 Å². The maximum absolute atomic E-state index is 12.4. The molecule has 0 saturated carbocycles. The molecule has 27 heavy (non-hydrogen) atoms. The fourth-order valence-electron chi connectivity index (χ4n) is 3.18. The van der Waals surface area contributed by atoms with Crippen LogP contribution >= 0.6 is 23.2 Å². The second-order valence-electron chi connectivity index (χ2n) is 6.62. The van der Waals surface area contributed by atoms with Crippen molar-refractivity contribution >= 4 is 40.8 Å². The molecule has 2 aromatic heterocycles. The minimum Gasteiger partial charge on any atom is -0.478 e. The fourth-order valence-corrected chi connectivity index (χ4v) is 3.60. The molecule has 2 aromatic rings. The molecule has 3 N–H and O–H groups in total. The van der Waals surface area contributed by atoms with Crippen LogP contribution < -0.4 is 10.2 Å². The van der Waals surface area contributed by atoms with E-state index in [0.29, 0.717) is 29.5 Å². The Balaban J connectivity index is 1.62. The molecule has 0 unspecified atom stereocenters. The Bertz CT molecular complexity index is 889. The van der Waals surface area contributed by atoms with Gasteiger partial charge < -0.3 is 20.3 Å². The van der Waals surface area contributed by atoms with Gasteiger partial charge in [0.05, 0.1) is 33.2 Å². The van der Waals surface area contributed by atoms with Crippen LogP contribution in [0.15, 0.2) is 12.3 Å². The third-order valence-electron chi connectivity index (χ3n) is 4.78. The van der Waals surface area contributed by atoms with Crippen molar-refractivity contribution in [2.24, 2.45) is 0 Å². The molecule has 1 saturated heterocycles. The average molecular weight is 411 g/mol. The van der Waals surface area contributed by atoms with Gasteiger partial charge in [-0.15, -0.1) is 0 Å². The molecule has 0 atom stereocenters. The molecule has 0 bridgehead atoms. The number of hydrogen-bond acceptors (Lipinski definition) is 4. The number of aromatic carboxylic acids is 1. The molecule has 144 valence electrons. The highest BCUT2D eigenvalue weighted by Crippen LogP contribution is 2.29. The third-order valence-corrected chi connectivity index (χ3v) is 5.73. The number of halogens is 2. The van der Waals surface area contributed by atoms with Crippen LogP contribution in [0, 0.1) is 13.8 Å². The number of carbonyl (C=O) groups excluding carboxylic acids is 1. The van der Waals surface area contributed by atoms with Crippen molar-refractivity contribution in [3.05, 3.63) is 45.0 Å². The van der Waals surface area contributed by atoms with E-state index in [2.05, 4.69) is 20.2 Å². The van der Waals surface area contributed by atoms with Gasteiger partial charge in [-0.3, -0.25) is 9.78 Å². The van der Waals surface area contributed by atoms with E-state index < -0.39 is 5.97 Å². The van der Waals surface area contributed by atoms with E-state index in [1.807, 2.05) is 0 Å². The number of anilines is 1. The SMILES string of the molecule is Cc1ncc(N2CCC(NC(=O)c3[nH]c(C)c(Cl)c3Cl)CC2)cc1C(=O)O. The smallest absolute Gasteiger partial charge is 0.337 e. The molecule has 1 amide bonds. The van der Waals surface area contributed by atoms with Crippen molar-refractivity contribution in [2.45, 2.75) is 32.7 Å². The number of piperidine rings is 1. The summed E-state index contributed by atoms with van der Waals surface area (Å²) in [4.78, 5) is 32.9. The number of aryl methyl sites for hydroxylation is 2. The monoisotopic (exact) mass is 410 g/mol. The molecular weight excluding hydrogens is 391 g/mol. The summed E-state index contributed by atoms with van der Waals surface area (Å²) in [6.45, 7) is 4.80. The Labute approximate surface area is 166 Å². The van der Waals surface area contributed by atoms with Gasteiger partial charge >= 0.3 is 5.97 Å². The Morgan fingerprint density at radius 1 is 1.26 bits per heavy atom. The van der Waals surface area contributed by atoms with Crippen LogP contribution in [0.25, 0.3) is 0 Å². The van der Waals surface area contributed by atoms with Crippen molar-refractivity contribution in [1.82, 2.24) is 15.3 Å². The van der Waals surface area contributed by atoms with Crippen molar-refractivity contribution in [3.8, 4) is 0 Å². The molecule has 1 fully saturated rings. The van der Waals surface area contributed by atoms with E-state index in [4.69, 9.17) is 23.2 Å². The summed E-state index contributed by atoms with van der Waals surface area (Å²) in [5, 5.41) is 12.8. The van der Waals surface area contributed by atoms with Gasteiger partial charge in [0.2, 0.25) is 0 Å². The van der Waals surface area contributed by atoms with Crippen molar-refractivity contribution < 1.29 is 14.7 Å². The van der Waals surface area contributed by atoms with Crippen LogP contribution in [0.3, 0.4) is 0 Å². The van der Waals surface area contributed by atoms with Crippen molar-refractivity contribution in [1.29, 1.82) is 0 Å². The number of aromatic amines is 1. The van der Waals surface area contributed by atoms with Crippen LogP contribution in [0.4, 0.5) is 5.69 Å². The van der Waals surface area contributed by atoms with Gasteiger partial charge in [-0.25, -0.2) is 4.79 Å². The summed E-state index contributed by atoms with van der Waals surface area (Å²) in [6, 6.07) is 1.65. The number of amides is 1. The van der Waals surface area contributed by atoms with Crippen LogP contribution in [-0.2, 0) is 0 Å². The van der Waals surface area contributed by atoms with Gasteiger partial charge in [-0.1, -0.05) is 23.2 Å². The highest BCUT2D eigenvalue weighted by atomic mass is 35.5. The van der Waals surface area contributed by atoms with E-state index in [-0.39, 0.29) is 28.2 Å². The summed E-state index contributed by atoms with van der Waals surface area (Å²) in [5.41, 5.74) is 2.40. The number of H-pyrrole nitrogens is 1. The lowest BCUT2D eigenvalue weighted by Gasteiger charge is -2.33. The number of carboxylic acids is 1. The molecule has 1 aliphatic heterocycles. The largest absolute Gasteiger partial charge is 0.478 e. The van der Waals surface area contributed by atoms with E-state index in [1.165, 1.54) is 0 Å².